The highest BCUT2D eigenvalue weighted by atomic mass is 19.4. The number of rotatable bonds is 3. The number of aryl methyl sites for hydroxylation is 2. The van der Waals surface area contributed by atoms with Crippen molar-refractivity contribution in [3.8, 4) is 17.2 Å². The molecule has 0 radical (unpaired) electrons. The zero-order valence-corrected chi connectivity index (χ0v) is 12.4. The van der Waals surface area contributed by atoms with Crippen molar-refractivity contribution >= 4 is 0 Å². The summed E-state index contributed by atoms with van der Waals surface area (Å²) in [6, 6.07) is 5.56. The van der Waals surface area contributed by atoms with E-state index < -0.39 is 6.36 Å². The van der Waals surface area contributed by atoms with Crippen LogP contribution in [0, 0.1) is 6.92 Å². The van der Waals surface area contributed by atoms with Gasteiger partial charge in [-0.1, -0.05) is 26.8 Å². The Labute approximate surface area is 121 Å². The molecule has 21 heavy (non-hydrogen) atoms. The lowest BCUT2D eigenvalue weighted by Gasteiger charge is -2.08. The number of oxazole rings is 1. The summed E-state index contributed by atoms with van der Waals surface area (Å²) < 4.78 is 45.7. The highest BCUT2D eigenvalue weighted by Crippen LogP contribution is 2.28. The number of ether oxygens (including phenoxy) is 1. The van der Waals surface area contributed by atoms with Gasteiger partial charge >= 0.3 is 6.36 Å². The second kappa shape index (κ2) is 7.15. The van der Waals surface area contributed by atoms with Crippen molar-refractivity contribution in [3.63, 3.8) is 0 Å². The zero-order valence-electron chi connectivity index (χ0n) is 12.4. The van der Waals surface area contributed by atoms with Crippen LogP contribution in [-0.4, -0.2) is 11.3 Å². The molecule has 2 aromatic rings. The van der Waals surface area contributed by atoms with E-state index in [4.69, 9.17) is 4.42 Å². The maximum atomic E-state index is 12.1. The van der Waals surface area contributed by atoms with Crippen LogP contribution in [0.4, 0.5) is 13.2 Å². The van der Waals surface area contributed by atoms with Crippen LogP contribution >= 0.6 is 0 Å². The van der Waals surface area contributed by atoms with E-state index in [0.717, 1.165) is 5.69 Å². The Balaban J connectivity index is 0.00000106. The van der Waals surface area contributed by atoms with Crippen LogP contribution in [-0.2, 0) is 6.42 Å². The summed E-state index contributed by atoms with van der Waals surface area (Å²) in [6.45, 7) is 7.70. The summed E-state index contributed by atoms with van der Waals surface area (Å²) in [5.41, 5.74) is 1.24. The van der Waals surface area contributed by atoms with Crippen LogP contribution in [0.25, 0.3) is 11.5 Å². The van der Waals surface area contributed by atoms with Crippen molar-refractivity contribution in [3.05, 3.63) is 35.7 Å². The predicted octanol–water partition coefficient (Wildman–Crippen LogP) is 5.14. The third-order valence-corrected chi connectivity index (χ3v) is 2.54. The molecule has 0 bridgehead atoms. The fraction of sp³-hybridized carbons (Fsp3) is 0.400. The summed E-state index contributed by atoms with van der Waals surface area (Å²) >= 11 is 0. The first-order chi connectivity index (χ1) is 9.89. The van der Waals surface area contributed by atoms with Gasteiger partial charge in [0.05, 0.1) is 5.69 Å². The second-order valence-electron chi connectivity index (χ2n) is 3.95. The van der Waals surface area contributed by atoms with Crippen LogP contribution in [0.5, 0.6) is 5.75 Å². The second-order valence-corrected chi connectivity index (χ2v) is 3.95. The molecule has 3 nitrogen and oxygen atoms in total. The van der Waals surface area contributed by atoms with E-state index in [9.17, 15) is 13.2 Å². The number of hydrogen-bond acceptors (Lipinski definition) is 3. The molecule has 0 aliphatic carbocycles. The van der Waals surface area contributed by atoms with Crippen molar-refractivity contribution in [1.29, 1.82) is 0 Å². The Morgan fingerprint density at radius 3 is 2.43 bits per heavy atom. The summed E-state index contributed by atoms with van der Waals surface area (Å²) in [6.07, 6.45) is -4.01. The summed E-state index contributed by atoms with van der Waals surface area (Å²) in [7, 11) is 0. The van der Waals surface area contributed by atoms with E-state index in [2.05, 4.69) is 9.72 Å². The number of nitrogens with zero attached hydrogens (tertiary/aromatic N) is 1. The SMILES string of the molecule is CC.CCc1nc(-c2cccc(OC(F)(F)F)c2)oc1C. The molecule has 6 heteroatoms. The monoisotopic (exact) mass is 301 g/mol. The van der Waals surface area contributed by atoms with E-state index in [1.807, 2.05) is 20.8 Å². The minimum Gasteiger partial charge on any atom is -0.441 e. The van der Waals surface area contributed by atoms with Gasteiger partial charge in [0, 0.05) is 5.56 Å². The molecule has 0 spiro atoms. The minimum absolute atomic E-state index is 0.293. The van der Waals surface area contributed by atoms with Gasteiger partial charge < -0.3 is 9.15 Å². The molecule has 0 aliphatic rings. The number of hydrogen-bond donors (Lipinski definition) is 0. The predicted molar refractivity (Wildman–Crippen MR) is 74.1 cm³/mol. The van der Waals surface area contributed by atoms with Crippen LogP contribution in [0.2, 0.25) is 0 Å². The maximum Gasteiger partial charge on any atom is 0.573 e. The Morgan fingerprint density at radius 1 is 1.24 bits per heavy atom. The molecule has 0 atom stereocenters. The number of aromatic nitrogens is 1. The Morgan fingerprint density at radius 2 is 1.90 bits per heavy atom. The molecule has 2 rings (SSSR count). The van der Waals surface area contributed by atoms with Crippen LogP contribution in [0.1, 0.15) is 32.2 Å². The van der Waals surface area contributed by atoms with E-state index in [-0.39, 0.29) is 5.75 Å². The van der Waals surface area contributed by atoms with Gasteiger partial charge in [-0.2, -0.15) is 0 Å². The molecule has 0 saturated heterocycles. The van der Waals surface area contributed by atoms with Crippen molar-refractivity contribution in [2.45, 2.75) is 40.5 Å². The number of halogens is 3. The lowest BCUT2D eigenvalue weighted by atomic mass is 10.2. The van der Waals surface area contributed by atoms with E-state index in [0.29, 0.717) is 23.6 Å². The van der Waals surface area contributed by atoms with Gasteiger partial charge in [-0.3, -0.25) is 0 Å². The highest BCUT2D eigenvalue weighted by Gasteiger charge is 2.31. The number of alkyl halides is 3. The van der Waals surface area contributed by atoms with E-state index >= 15 is 0 Å². The normalized spacial score (nSPS) is 10.8. The Hall–Kier alpha value is -1.98. The molecule has 1 heterocycles. The van der Waals surface area contributed by atoms with Crippen LogP contribution < -0.4 is 4.74 Å². The molecule has 0 fully saturated rings. The van der Waals surface area contributed by atoms with Crippen molar-refractivity contribution in [1.82, 2.24) is 4.98 Å². The quantitative estimate of drug-likeness (QED) is 0.787. The third kappa shape index (κ3) is 4.81. The molecule has 0 aliphatic heterocycles. The first-order valence-corrected chi connectivity index (χ1v) is 6.71. The fourth-order valence-electron chi connectivity index (χ4n) is 1.71. The molecule has 1 aromatic heterocycles. The lowest BCUT2D eigenvalue weighted by Crippen LogP contribution is -2.17. The lowest BCUT2D eigenvalue weighted by molar-refractivity contribution is -0.274. The standard InChI is InChI=1S/C13H12F3NO2.C2H6/c1-3-11-8(2)18-12(17-11)9-5-4-6-10(7-9)19-13(14,15)16;1-2/h4-7H,3H2,1-2H3;1-2H3. The molecular weight excluding hydrogens is 283 g/mol. The van der Waals surface area contributed by atoms with Crippen molar-refractivity contribution in [2.75, 3.05) is 0 Å². The van der Waals surface area contributed by atoms with Gasteiger partial charge in [0.1, 0.15) is 11.5 Å². The molecule has 116 valence electrons. The van der Waals surface area contributed by atoms with Gasteiger partial charge in [0.15, 0.2) is 0 Å². The molecule has 1 aromatic carbocycles. The smallest absolute Gasteiger partial charge is 0.441 e. The summed E-state index contributed by atoms with van der Waals surface area (Å²) in [5, 5.41) is 0. The van der Waals surface area contributed by atoms with E-state index in [1.54, 1.807) is 13.0 Å². The zero-order chi connectivity index (χ0) is 16.0. The molecule has 0 amide bonds. The van der Waals surface area contributed by atoms with E-state index in [1.165, 1.54) is 18.2 Å². The fourth-order valence-corrected chi connectivity index (χ4v) is 1.71. The molecule has 0 saturated carbocycles. The van der Waals surface area contributed by atoms with Crippen molar-refractivity contribution in [2.24, 2.45) is 0 Å². The largest absolute Gasteiger partial charge is 0.573 e. The van der Waals surface area contributed by atoms with Gasteiger partial charge in [-0.25, -0.2) is 4.98 Å². The summed E-state index contributed by atoms with van der Waals surface area (Å²) in [5.74, 6) is 0.667. The average molecular weight is 301 g/mol. The number of benzene rings is 1. The average Bonchev–Trinajstić information content (AvgIpc) is 2.81. The maximum absolute atomic E-state index is 12.1. The third-order valence-electron chi connectivity index (χ3n) is 2.54. The molecular formula is C15H18F3NO2. The summed E-state index contributed by atoms with van der Waals surface area (Å²) in [4.78, 5) is 4.23. The highest BCUT2D eigenvalue weighted by molar-refractivity contribution is 5.56. The first-order valence-electron chi connectivity index (χ1n) is 6.71. The van der Waals surface area contributed by atoms with Crippen LogP contribution in [0.15, 0.2) is 28.7 Å². The minimum atomic E-state index is -4.71. The van der Waals surface area contributed by atoms with Crippen LogP contribution in [0.3, 0.4) is 0 Å². The Bertz CT molecular complexity index is 577. The molecule has 0 N–H and O–H groups in total. The Kier molecular flexibility index (Phi) is 5.81. The molecule has 0 unspecified atom stereocenters. The van der Waals surface area contributed by atoms with Gasteiger partial charge in [-0.15, -0.1) is 13.2 Å². The van der Waals surface area contributed by atoms with Crippen molar-refractivity contribution < 1.29 is 22.3 Å². The first kappa shape index (κ1) is 17.1. The van der Waals surface area contributed by atoms with Gasteiger partial charge in [0.25, 0.3) is 0 Å². The van der Waals surface area contributed by atoms with Gasteiger partial charge in [-0.05, 0) is 31.5 Å². The van der Waals surface area contributed by atoms with Gasteiger partial charge in [0.2, 0.25) is 5.89 Å². The topological polar surface area (TPSA) is 35.3 Å².